The lowest BCUT2D eigenvalue weighted by Gasteiger charge is -2.39. The summed E-state index contributed by atoms with van der Waals surface area (Å²) in [7, 11) is 0. The Bertz CT molecular complexity index is 238. The molecule has 74 valence electrons. The molecule has 1 heteroatoms. The molecule has 0 spiro atoms. The molecule has 0 aromatic heterocycles. The first kappa shape index (κ1) is 9.11. The summed E-state index contributed by atoms with van der Waals surface area (Å²) in [6.45, 7) is 7.98. The third kappa shape index (κ3) is 1.61. The summed E-state index contributed by atoms with van der Waals surface area (Å²) in [6.07, 6.45) is 4.99. The number of allylic oxidation sites excluding steroid dienone is 2. The van der Waals surface area contributed by atoms with Crippen molar-refractivity contribution < 1.29 is 4.74 Å². The Labute approximate surface area is 81.2 Å². The summed E-state index contributed by atoms with van der Waals surface area (Å²) in [5.74, 6) is 2.16. The molecule has 0 fully saturated rings. The van der Waals surface area contributed by atoms with E-state index in [0.717, 1.165) is 12.5 Å². The Balaban J connectivity index is 2.28. The van der Waals surface area contributed by atoms with E-state index in [1.54, 1.807) is 5.57 Å². The highest BCUT2D eigenvalue weighted by Crippen LogP contribution is 2.44. The molecule has 13 heavy (non-hydrogen) atoms. The van der Waals surface area contributed by atoms with Crippen molar-refractivity contribution in [3.63, 3.8) is 0 Å². The fourth-order valence-corrected chi connectivity index (χ4v) is 2.51. The van der Waals surface area contributed by atoms with Crippen molar-refractivity contribution in [1.82, 2.24) is 0 Å². The Morgan fingerprint density at radius 2 is 2.15 bits per heavy atom. The maximum Gasteiger partial charge on any atom is 0.0959 e. The lowest BCUT2D eigenvalue weighted by Crippen LogP contribution is -2.28. The van der Waals surface area contributed by atoms with Gasteiger partial charge in [0.05, 0.1) is 12.4 Å². The molecule has 0 radical (unpaired) electrons. The highest BCUT2D eigenvalue weighted by atomic mass is 16.5. The zero-order valence-corrected chi connectivity index (χ0v) is 9.02. The molecule has 0 N–H and O–H groups in total. The summed E-state index contributed by atoms with van der Waals surface area (Å²) in [5.41, 5.74) is 2.02. The van der Waals surface area contributed by atoms with Crippen LogP contribution < -0.4 is 0 Å². The van der Waals surface area contributed by atoms with E-state index < -0.39 is 0 Å². The highest BCUT2D eigenvalue weighted by molar-refractivity contribution is 5.21. The van der Waals surface area contributed by atoms with Gasteiger partial charge in [0.15, 0.2) is 0 Å². The van der Waals surface area contributed by atoms with Crippen molar-refractivity contribution in [2.45, 2.75) is 46.5 Å². The molecular formula is C12H20O. The first-order chi connectivity index (χ1) is 6.09. The number of ether oxygens (including phenoxy) is 1. The summed E-state index contributed by atoms with van der Waals surface area (Å²) in [6, 6.07) is 0. The van der Waals surface area contributed by atoms with Crippen LogP contribution in [-0.4, -0.2) is 6.61 Å². The van der Waals surface area contributed by atoms with Gasteiger partial charge in [0.2, 0.25) is 0 Å². The number of hydrogen-bond donors (Lipinski definition) is 0. The summed E-state index contributed by atoms with van der Waals surface area (Å²) in [4.78, 5) is 0. The predicted molar refractivity (Wildman–Crippen MR) is 54.4 cm³/mol. The van der Waals surface area contributed by atoms with Gasteiger partial charge >= 0.3 is 0 Å². The van der Waals surface area contributed by atoms with Crippen LogP contribution in [-0.2, 0) is 4.74 Å². The van der Waals surface area contributed by atoms with Gasteiger partial charge in [-0.15, -0.1) is 0 Å². The van der Waals surface area contributed by atoms with Gasteiger partial charge in [0, 0.05) is 6.42 Å². The van der Waals surface area contributed by atoms with Gasteiger partial charge in [-0.25, -0.2) is 0 Å². The first-order valence-electron chi connectivity index (χ1n) is 5.45. The second kappa shape index (κ2) is 3.04. The molecule has 0 saturated heterocycles. The van der Waals surface area contributed by atoms with Crippen LogP contribution >= 0.6 is 0 Å². The van der Waals surface area contributed by atoms with Crippen LogP contribution in [0.25, 0.3) is 0 Å². The maximum absolute atomic E-state index is 5.77. The number of rotatable bonds is 0. The van der Waals surface area contributed by atoms with Crippen LogP contribution in [0.4, 0.5) is 0 Å². The van der Waals surface area contributed by atoms with E-state index in [0.29, 0.717) is 5.41 Å². The van der Waals surface area contributed by atoms with Crippen LogP contribution in [0.2, 0.25) is 0 Å². The van der Waals surface area contributed by atoms with Crippen molar-refractivity contribution in [3.8, 4) is 0 Å². The normalized spacial score (nSPS) is 32.4. The smallest absolute Gasteiger partial charge is 0.0959 e. The second-order valence-corrected chi connectivity index (χ2v) is 5.23. The molecule has 2 aliphatic rings. The molecule has 2 rings (SSSR count). The van der Waals surface area contributed by atoms with E-state index in [4.69, 9.17) is 4.74 Å². The molecule has 1 unspecified atom stereocenters. The third-order valence-electron chi connectivity index (χ3n) is 3.58. The third-order valence-corrected chi connectivity index (χ3v) is 3.58. The van der Waals surface area contributed by atoms with Crippen LogP contribution in [0.1, 0.15) is 46.5 Å². The molecule has 0 aromatic carbocycles. The maximum atomic E-state index is 5.77. The SMILES string of the molecule is CC1CCC2=C(C1)OCCC2(C)C. The minimum Gasteiger partial charge on any atom is -0.498 e. The largest absolute Gasteiger partial charge is 0.498 e. The van der Waals surface area contributed by atoms with Crippen LogP contribution in [0.3, 0.4) is 0 Å². The van der Waals surface area contributed by atoms with Crippen molar-refractivity contribution in [2.75, 3.05) is 6.61 Å². The van der Waals surface area contributed by atoms with E-state index in [-0.39, 0.29) is 0 Å². The van der Waals surface area contributed by atoms with Gasteiger partial charge in [-0.05, 0) is 36.2 Å². The molecule has 1 atom stereocenters. The molecule has 1 heterocycles. The quantitative estimate of drug-likeness (QED) is 0.554. The topological polar surface area (TPSA) is 9.23 Å². The lowest BCUT2D eigenvalue weighted by molar-refractivity contribution is 0.109. The van der Waals surface area contributed by atoms with Crippen LogP contribution in [0, 0.1) is 11.3 Å². The van der Waals surface area contributed by atoms with Crippen molar-refractivity contribution in [1.29, 1.82) is 0 Å². The van der Waals surface area contributed by atoms with E-state index >= 15 is 0 Å². The summed E-state index contributed by atoms with van der Waals surface area (Å²) >= 11 is 0. The Morgan fingerprint density at radius 1 is 1.38 bits per heavy atom. The van der Waals surface area contributed by atoms with E-state index in [1.807, 2.05) is 0 Å². The highest BCUT2D eigenvalue weighted by Gasteiger charge is 2.33. The van der Waals surface area contributed by atoms with Crippen LogP contribution in [0.5, 0.6) is 0 Å². The molecule has 1 aliphatic carbocycles. The molecular weight excluding hydrogens is 160 g/mol. The van der Waals surface area contributed by atoms with Gasteiger partial charge in [-0.3, -0.25) is 0 Å². The number of hydrogen-bond acceptors (Lipinski definition) is 1. The Morgan fingerprint density at radius 3 is 2.92 bits per heavy atom. The average Bonchev–Trinajstić information content (AvgIpc) is 2.02. The van der Waals surface area contributed by atoms with Gasteiger partial charge in [-0.1, -0.05) is 20.8 Å². The molecule has 0 amide bonds. The summed E-state index contributed by atoms with van der Waals surface area (Å²) < 4.78 is 5.77. The lowest BCUT2D eigenvalue weighted by atomic mass is 9.73. The van der Waals surface area contributed by atoms with Crippen LogP contribution in [0.15, 0.2) is 11.3 Å². The minimum atomic E-state index is 0.410. The van der Waals surface area contributed by atoms with Gasteiger partial charge in [0.25, 0.3) is 0 Å². The van der Waals surface area contributed by atoms with Crippen molar-refractivity contribution in [3.05, 3.63) is 11.3 Å². The van der Waals surface area contributed by atoms with E-state index in [1.165, 1.54) is 31.4 Å². The van der Waals surface area contributed by atoms with Gasteiger partial charge in [0.1, 0.15) is 0 Å². The fraction of sp³-hybridized carbons (Fsp3) is 0.833. The molecule has 1 aliphatic heterocycles. The zero-order chi connectivity index (χ0) is 9.47. The van der Waals surface area contributed by atoms with Crippen molar-refractivity contribution in [2.24, 2.45) is 11.3 Å². The van der Waals surface area contributed by atoms with E-state index in [2.05, 4.69) is 20.8 Å². The molecule has 0 aromatic rings. The molecule has 0 bridgehead atoms. The molecule has 0 saturated carbocycles. The average molecular weight is 180 g/mol. The Hall–Kier alpha value is -0.460. The van der Waals surface area contributed by atoms with Crippen molar-refractivity contribution >= 4 is 0 Å². The Kier molecular flexibility index (Phi) is 2.13. The fourth-order valence-electron chi connectivity index (χ4n) is 2.51. The molecule has 1 nitrogen and oxygen atoms in total. The van der Waals surface area contributed by atoms with Gasteiger partial charge < -0.3 is 4.74 Å². The predicted octanol–water partition coefficient (Wildman–Crippen LogP) is 3.51. The van der Waals surface area contributed by atoms with E-state index in [9.17, 15) is 0 Å². The second-order valence-electron chi connectivity index (χ2n) is 5.23. The first-order valence-corrected chi connectivity index (χ1v) is 5.45. The standard InChI is InChI=1S/C12H20O/c1-9-4-5-10-11(8-9)13-7-6-12(10,2)3/h9H,4-8H2,1-3H3. The minimum absolute atomic E-state index is 0.410. The zero-order valence-electron chi connectivity index (χ0n) is 9.02. The summed E-state index contributed by atoms with van der Waals surface area (Å²) in [5, 5.41) is 0. The monoisotopic (exact) mass is 180 g/mol. The van der Waals surface area contributed by atoms with Gasteiger partial charge in [-0.2, -0.15) is 0 Å².